The first-order valence-corrected chi connectivity index (χ1v) is 7.38. The molecule has 3 aliphatic rings. The first-order chi connectivity index (χ1) is 8.33. The molecule has 0 spiro atoms. The van der Waals surface area contributed by atoms with Gasteiger partial charge in [-0.3, -0.25) is 0 Å². The van der Waals surface area contributed by atoms with Crippen LogP contribution in [0.3, 0.4) is 0 Å². The van der Waals surface area contributed by atoms with Crippen LogP contribution in [0.4, 0.5) is 0 Å². The van der Waals surface area contributed by atoms with Crippen LogP contribution < -0.4 is 5.32 Å². The highest BCUT2D eigenvalue weighted by Crippen LogP contribution is 2.38. The Morgan fingerprint density at radius 3 is 2.71 bits per heavy atom. The summed E-state index contributed by atoms with van der Waals surface area (Å²) in [4.78, 5) is 2.73. The second-order valence-electron chi connectivity index (χ2n) is 6.22. The Kier molecular flexibility index (Phi) is 3.69. The maximum Gasteiger partial charge on any atom is 0.0620 e. The molecular weight excluding hydrogens is 212 g/mol. The third-order valence-corrected chi connectivity index (χ3v) is 5.00. The van der Waals surface area contributed by atoms with Gasteiger partial charge < -0.3 is 15.0 Å². The zero-order valence-corrected chi connectivity index (χ0v) is 11.0. The number of fused-ring (bicyclic) bond motifs is 1. The number of nitrogens with zero attached hydrogens (tertiary/aromatic N) is 1. The van der Waals surface area contributed by atoms with E-state index in [1.807, 2.05) is 0 Å². The van der Waals surface area contributed by atoms with Crippen LogP contribution >= 0.6 is 0 Å². The van der Waals surface area contributed by atoms with Gasteiger partial charge in [0.2, 0.25) is 0 Å². The average molecular weight is 238 g/mol. The summed E-state index contributed by atoms with van der Waals surface area (Å²) < 4.78 is 5.54. The van der Waals surface area contributed by atoms with Gasteiger partial charge in [-0.25, -0.2) is 0 Å². The normalized spacial score (nSPS) is 40.4. The van der Waals surface area contributed by atoms with Gasteiger partial charge in [0.05, 0.1) is 13.2 Å². The highest BCUT2D eigenvalue weighted by atomic mass is 16.5. The van der Waals surface area contributed by atoms with Crippen molar-refractivity contribution >= 4 is 0 Å². The summed E-state index contributed by atoms with van der Waals surface area (Å²) >= 11 is 0. The highest BCUT2D eigenvalue weighted by molar-refractivity contribution is 4.91. The number of likely N-dealkylation sites (tertiary alicyclic amines) is 1. The number of morpholine rings is 1. The molecule has 0 aromatic carbocycles. The van der Waals surface area contributed by atoms with Crippen molar-refractivity contribution in [1.29, 1.82) is 0 Å². The third-order valence-electron chi connectivity index (χ3n) is 5.00. The van der Waals surface area contributed by atoms with Crippen molar-refractivity contribution in [2.75, 3.05) is 32.8 Å². The van der Waals surface area contributed by atoms with E-state index in [-0.39, 0.29) is 0 Å². The number of nitrogens with one attached hydrogen (secondary N) is 1. The Hall–Kier alpha value is -0.120. The SMILES string of the molecule is CC(CC1COCCN1)N1CC2CCCC2C1. The third kappa shape index (κ3) is 2.67. The number of hydrogen-bond donors (Lipinski definition) is 1. The van der Waals surface area contributed by atoms with Crippen molar-refractivity contribution in [3.8, 4) is 0 Å². The summed E-state index contributed by atoms with van der Waals surface area (Å²) in [6.45, 7) is 7.95. The minimum Gasteiger partial charge on any atom is -0.379 e. The smallest absolute Gasteiger partial charge is 0.0620 e. The molecule has 3 heteroatoms. The molecule has 0 aromatic rings. The van der Waals surface area contributed by atoms with Crippen LogP contribution in [-0.2, 0) is 4.74 Å². The van der Waals surface area contributed by atoms with Crippen LogP contribution in [0.5, 0.6) is 0 Å². The largest absolute Gasteiger partial charge is 0.379 e. The molecule has 3 fully saturated rings. The van der Waals surface area contributed by atoms with E-state index in [2.05, 4.69) is 17.1 Å². The van der Waals surface area contributed by atoms with E-state index in [1.54, 1.807) is 0 Å². The predicted octanol–water partition coefficient (Wildman–Crippen LogP) is 1.49. The Morgan fingerprint density at radius 1 is 1.29 bits per heavy atom. The Labute approximate surface area is 105 Å². The van der Waals surface area contributed by atoms with Gasteiger partial charge in [0, 0.05) is 31.7 Å². The van der Waals surface area contributed by atoms with Crippen LogP contribution in [0, 0.1) is 11.8 Å². The minimum atomic E-state index is 0.583. The van der Waals surface area contributed by atoms with Crippen LogP contribution in [0.1, 0.15) is 32.6 Å². The van der Waals surface area contributed by atoms with E-state index in [0.29, 0.717) is 6.04 Å². The molecule has 2 aliphatic heterocycles. The second kappa shape index (κ2) is 5.25. The fraction of sp³-hybridized carbons (Fsp3) is 1.00. The summed E-state index contributed by atoms with van der Waals surface area (Å²) in [5.41, 5.74) is 0. The number of hydrogen-bond acceptors (Lipinski definition) is 3. The summed E-state index contributed by atoms with van der Waals surface area (Å²) in [5.74, 6) is 2.04. The van der Waals surface area contributed by atoms with Crippen molar-refractivity contribution in [1.82, 2.24) is 10.2 Å². The molecule has 1 saturated carbocycles. The molecule has 17 heavy (non-hydrogen) atoms. The molecule has 2 saturated heterocycles. The van der Waals surface area contributed by atoms with Gasteiger partial charge in [-0.2, -0.15) is 0 Å². The van der Waals surface area contributed by atoms with Gasteiger partial charge in [0.1, 0.15) is 0 Å². The van der Waals surface area contributed by atoms with Gasteiger partial charge in [-0.1, -0.05) is 6.42 Å². The molecule has 0 amide bonds. The van der Waals surface area contributed by atoms with Crippen LogP contribution in [0.15, 0.2) is 0 Å². The van der Waals surface area contributed by atoms with E-state index in [1.165, 1.54) is 38.8 Å². The fourth-order valence-corrected chi connectivity index (χ4v) is 3.96. The fourth-order valence-electron chi connectivity index (χ4n) is 3.96. The van der Waals surface area contributed by atoms with E-state index in [0.717, 1.165) is 37.6 Å². The summed E-state index contributed by atoms with van der Waals surface area (Å²) in [6, 6.07) is 1.30. The summed E-state index contributed by atoms with van der Waals surface area (Å²) in [7, 11) is 0. The topological polar surface area (TPSA) is 24.5 Å². The molecule has 3 nitrogen and oxygen atoms in total. The van der Waals surface area contributed by atoms with Gasteiger partial charge in [-0.15, -0.1) is 0 Å². The highest BCUT2D eigenvalue weighted by Gasteiger charge is 2.37. The zero-order chi connectivity index (χ0) is 11.7. The quantitative estimate of drug-likeness (QED) is 0.806. The van der Waals surface area contributed by atoms with Gasteiger partial charge in [-0.05, 0) is 38.0 Å². The molecule has 1 aliphatic carbocycles. The van der Waals surface area contributed by atoms with Gasteiger partial charge >= 0.3 is 0 Å². The lowest BCUT2D eigenvalue weighted by molar-refractivity contribution is 0.0635. The lowest BCUT2D eigenvalue weighted by Crippen LogP contribution is -2.45. The standard InChI is InChI=1S/C14H26N2O/c1-11(7-14-10-17-6-5-15-14)16-8-12-3-2-4-13(12)9-16/h11-15H,2-10H2,1H3. The Morgan fingerprint density at radius 2 is 2.06 bits per heavy atom. The van der Waals surface area contributed by atoms with Crippen molar-refractivity contribution in [2.24, 2.45) is 11.8 Å². The first kappa shape index (κ1) is 11.9. The van der Waals surface area contributed by atoms with Crippen molar-refractivity contribution < 1.29 is 4.74 Å². The number of rotatable bonds is 3. The van der Waals surface area contributed by atoms with Crippen LogP contribution in [0.2, 0.25) is 0 Å². The Balaban J connectivity index is 1.47. The van der Waals surface area contributed by atoms with E-state index in [9.17, 15) is 0 Å². The van der Waals surface area contributed by atoms with Crippen LogP contribution in [-0.4, -0.2) is 49.8 Å². The first-order valence-electron chi connectivity index (χ1n) is 7.38. The lowest BCUT2D eigenvalue weighted by Gasteiger charge is -2.31. The molecule has 3 rings (SSSR count). The predicted molar refractivity (Wildman–Crippen MR) is 69.1 cm³/mol. The number of ether oxygens (including phenoxy) is 1. The van der Waals surface area contributed by atoms with Gasteiger partial charge in [0.25, 0.3) is 0 Å². The lowest BCUT2D eigenvalue weighted by atomic mass is 10.0. The molecule has 4 unspecified atom stereocenters. The summed E-state index contributed by atoms with van der Waals surface area (Å²) in [6.07, 6.45) is 5.70. The minimum absolute atomic E-state index is 0.583. The molecule has 0 bridgehead atoms. The molecule has 0 aromatic heterocycles. The molecular formula is C14H26N2O. The van der Waals surface area contributed by atoms with E-state index >= 15 is 0 Å². The molecule has 1 N–H and O–H groups in total. The Bertz CT molecular complexity index is 241. The molecule has 2 heterocycles. The van der Waals surface area contributed by atoms with Gasteiger partial charge in [0.15, 0.2) is 0 Å². The second-order valence-corrected chi connectivity index (χ2v) is 6.22. The van der Waals surface area contributed by atoms with Crippen molar-refractivity contribution in [3.05, 3.63) is 0 Å². The molecule has 98 valence electrons. The van der Waals surface area contributed by atoms with Crippen molar-refractivity contribution in [3.63, 3.8) is 0 Å². The maximum atomic E-state index is 5.54. The molecule has 0 radical (unpaired) electrons. The molecule has 4 atom stereocenters. The van der Waals surface area contributed by atoms with E-state index < -0.39 is 0 Å². The van der Waals surface area contributed by atoms with Crippen molar-refractivity contribution in [2.45, 2.75) is 44.7 Å². The average Bonchev–Trinajstić information content (AvgIpc) is 2.90. The zero-order valence-electron chi connectivity index (χ0n) is 11.0. The summed E-state index contributed by atoms with van der Waals surface area (Å²) in [5, 5.41) is 3.57. The monoisotopic (exact) mass is 238 g/mol. The van der Waals surface area contributed by atoms with E-state index in [4.69, 9.17) is 4.74 Å². The van der Waals surface area contributed by atoms with Crippen LogP contribution in [0.25, 0.3) is 0 Å². The maximum absolute atomic E-state index is 5.54.